The van der Waals surface area contributed by atoms with Crippen LogP contribution in [0, 0.1) is 13.8 Å². The third-order valence-electron chi connectivity index (χ3n) is 2.87. The molecular weight excluding hydrogens is 228 g/mol. The van der Waals surface area contributed by atoms with Gasteiger partial charge in [-0.15, -0.1) is 0 Å². The van der Waals surface area contributed by atoms with Gasteiger partial charge in [-0.25, -0.2) is 0 Å². The fourth-order valence-electron chi connectivity index (χ4n) is 1.93. The predicted octanol–water partition coefficient (Wildman–Crippen LogP) is 3.33. The molecule has 0 spiro atoms. The average molecular weight is 244 g/mol. The normalized spacial score (nSPS) is 10.4. The van der Waals surface area contributed by atoms with E-state index in [-0.39, 0.29) is 5.78 Å². The van der Waals surface area contributed by atoms with E-state index in [1.165, 1.54) is 0 Å². The molecule has 0 saturated carbocycles. The van der Waals surface area contributed by atoms with E-state index in [4.69, 9.17) is 9.15 Å². The largest absolute Gasteiger partial charge is 0.497 e. The van der Waals surface area contributed by atoms with E-state index >= 15 is 0 Å². The van der Waals surface area contributed by atoms with E-state index in [0.717, 1.165) is 17.1 Å². The lowest BCUT2D eigenvalue weighted by Crippen LogP contribution is -2.03. The second-order valence-electron chi connectivity index (χ2n) is 4.27. The Balaban J connectivity index is 2.13. The van der Waals surface area contributed by atoms with Crippen molar-refractivity contribution in [1.29, 1.82) is 0 Å². The van der Waals surface area contributed by atoms with Crippen LogP contribution in [0.3, 0.4) is 0 Å². The van der Waals surface area contributed by atoms with Crippen LogP contribution in [0.15, 0.2) is 34.7 Å². The van der Waals surface area contributed by atoms with Crippen LogP contribution in [0.1, 0.15) is 27.4 Å². The first kappa shape index (κ1) is 12.4. The Labute approximate surface area is 106 Å². The number of ketones is 1. The first-order valence-corrected chi connectivity index (χ1v) is 5.83. The number of Topliss-reactive ketones (excluding diaryl/α,β-unsaturated/α-hetero) is 1. The van der Waals surface area contributed by atoms with Crippen LogP contribution in [0.2, 0.25) is 0 Å². The van der Waals surface area contributed by atoms with Gasteiger partial charge in [0.1, 0.15) is 17.3 Å². The van der Waals surface area contributed by atoms with E-state index in [2.05, 4.69) is 0 Å². The minimum atomic E-state index is 0.0783. The molecule has 0 aliphatic carbocycles. The van der Waals surface area contributed by atoms with Gasteiger partial charge >= 0.3 is 0 Å². The van der Waals surface area contributed by atoms with E-state index in [1.807, 2.05) is 38.1 Å². The van der Waals surface area contributed by atoms with Crippen molar-refractivity contribution in [2.24, 2.45) is 0 Å². The van der Waals surface area contributed by atoms with Crippen molar-refractivity contribution in [2.75, 3.05) is 7.11 Å². The summed E-state index contributed by atoms with van der Waals surface area (Å²) < 4.78 is 10.5. The highest BCUT2D eigenvalue weighted by Gasteiger charge is 2.13. The summed E-state index contributed by atoms with van der Waals surface area (Å²) in [5.74, 6) is 2.33. The van der Waals surface area contributed by atoms with E-state index < -0.39 is 0 Å². The van der Waals surface area contributed by atoms with Crippen molar-refractivity contribution in [3.63, 3.8) is 0 Å². The standard InChI is InChI=1S/C15H16O3/c1-10-8-14(11(2)18-10)15(16)9-12-4-6-13(17-3)7-5-12/h4-8H,9H2,1-3H3. The highest BCUT2D eigenvalue weighted by molar-refractivity contribution is 5.98. The number of carbonyl (C=O) groups is 1. The molecule has 0 bridgehead atoms. The van der Waals surface area contributed by atoms with Crippen LogP contribution in [0.25, 0.3) is 0 Å². The molecular formula is C15H16O3. The van der Waals surface area contributed by atoms with Crippen LogP contribution >= 0.6 is 0 Å². The van der Waals surface area contributed by atoms with Gasteiger partial charge in [0, 0.05) is 6.42 Å². The minimum Gasteiger partial charge on any atom is -0.497 e. The molecule has 94 valence electrons. The fraction of sp³-hybridized carbons (Fsp3) is 0.267. The first-order valence-electron chi connectivity index (χ1n) is 5.83. The molecule has 0 amide bonds. The van der Waals surface area contributed by atoms with Crippen LogP contribution < -0.4 is 4.74 Å². The highest BCUT2D eigenvalue weighted by atomic mass is 16.5. The molecule has 3 nitrogen and oxygen atoms in total. The fourth-order valence-corrected chi connectivity index (χ4v) is 1.93. The van der Waals surface area contributed by atoms with Crippen molar-refractivity contribution >= 4 is 5.78 Å². The molecule has 0 saturated heterocycles. The summed E-state index contributed by atoms with van der Waals surface area (Å²) in [5, 5.41) is 0. The molecule has 1 heterocycles. The smallest absolute Gasteiger partial charge is 0.170 e. The minimum absolute atomic E-state index is 0.0783. The average Bonchev–Trinajstić information content (AvgIpc) is 2.69. The van der Waals surface area contributed by atoms with Crippen molar-refractivity contribution in [1.82, 2.24) is 0 Å². The summed E-state index contributed by atoms with van der Waals surface area (Å²) in [6, 6.07) is 9.31. The molecule has 0 aliphatic rings. The molecule has 0 N–H and O–H groups in total. The van der Waals surface area contributed by atoms with Crippen molar-refractivity contribution in [3.05, 3.63) is 53.0 Å². The number of hydrogen-bond acceptors (Lipinski definition) is 3. The SMILES string of the molecule is COc1ccc(CC(=O)c2cc(C)oc2C)cc1. The summed E-state index contributed by atoms with van der Waals surface area (Å²) in [6.07, 6.45) is 0.379. The second kappa shape index (κ2) is 5.08. The van der Waals surface area contributed by atoms with Crippen molar-refractivity contribution < 1.29 is 13.9 Å². The van der Waals surface area contributed by atoms with Crippen LogP contribution in [0.4, 0.5) is 0 Å². The molecule has 0 atom stereocenters. The lowest BCUT2D eigenvalue weighted by Gasteiger charge is -2.02. The topological polar surface area (TPSA) is 39.4 Å². The van der Waals surface area contributed by atoms with Gasteiger partial charge in [0.05, 0.1) is 12.7 Å². The number of methoxy groups -OCH3 is 1. The van der Waals surface area contributed by atoms with Crippen LogP contribution in [-0.2, 0) is 6.42 Å². The van der Waals surface area contributed by atoms with Crippen molar-refractivity contribution in [2.45, 2.75) is 20.3 Å². The predicted molar refractivity (Wildman–Crippen MR) is 69.2 cm³/mol. The molecule has 0 fully saturated rings. The maximum absolute atomic E-state index is 12.1. The molecule has 0 unspecified atom stereocenters. The van der Waals surface area contributed by atoms with Gasteiger partial charge in [-0.05, 0) is 37.6 Å². The van der Waals surface area contributed by atoms with Gasteiger partial charge in [-0.2, -0.15) is 0 Å². The molecule has 1 aromatic carbocycles. The van der Waals surface area contributed by atoms with Gasteiger partial charge in [-0.3, -0.25) is 4.79 Å². The van der Waals surface area contributed by atoms with E-state index in [9.17, 15) is 4.79 Å². The number of hydrogen-bond donors (Lipinski definition) is 0. The zero-order chi connectivity index (χ0) is 13.1. The van der Waals surface area contributed by atoms with Gasteiger partial charge in [0.2, 0.25) is 0 Å². The zero-order valence-electron chi connectivity index (χ0n) is 10.8. The monoisotopic (exact) mass is 244 g/mol. The Hall–Kier alpha value is -2.03. The number of aryl methyl sites for hydroxylation is 2. The molecule has 18 heavy (non-hydrogen) atoms. The molecule has 0 radical (unpaired) electrons. The third-order valence-corrected chi connectivity index (χ3v) is 2.87. The van der Waals surface area contributed by atoms with Gasteiger partial charge in [0.15, 0.2) is 5.78 Å². The van der Waals surface area contributed by atoms with Crippen molar-refractivity contribution in [3.8, 4) is 5.75 Å². The lowest BCUT2D eigenvalue weighted by molar-refractivity contribution is 0.0991. The maximum atomic E-state index is 12.1. The summed E-state index contributed by atoms with van der Waals surface area (Å²) in [4.78, 5) is 12.1. The Morgan fingerprint density at radius 3 is 2.39 bits per heavy atom. The zero-order valence-corrected chi connectivity index (χ0v) is 10.8. The maximum Gasteiger partial charge on any atom is 0.170 e. The number of ether oxygens (including phenoxy) is 1. The molecule has 0 aliphatic heterocycles. The Bertz CT molecular complexity index is 550. The van der Waals surface area contributed by atoms with Gasteiger partial charge < -0.3 is 9.15 Å². The summed E-state index contributed by atoms with van der Waals surface area (Å²) in [7, 11) is 1.62. The number of rotatable bonds is 4. The number of carbonyl (C=O) groups excluding carboxylic acids is 1. The lowest BCUT2D eigenvalue weighted by atomic mass is 10.0. The second-order valence-corrected chi connectivity index (χ2v) is 4.27. The summed E-state index contributed by atoms with van der Waals surface area (Å²) >= 11 is 0. The molecule has 1 aromatic heterocycles. The summed E-state index contributed by atoms with van der Waals surface area (Å²) in [6.45, 7) is 3.66. The summed E-state index contributed by atoms with van der Waals surface area (Å²) in [5.41, 5.74) is 1.64. The third kappa shape index (κ3) is 2.62. The van der Waals surface area contributed by atoms with E-state index in [1.54, 1.807) is 13.2 Å². The Kier molecular flexibility index (Phi) is 3.51. The quantitative estimate of drug-likeness (QED) is 0.774. The van der Waals surface area contributed by atoms with Gasteiger partial charge in [0.25, 0.3) is 0 Å². The Morgan fingerprint density at radius 1 is 1.22 bits per heavy atom. The molecule has 3 heteroatoms. The molecule has 2 rings (SSSR count). The number of furan rings is 1. The first-order chi connectivity index (χ1) is 8.60. The van der Waals surface area contributed by atoms with E-state index in [0.29, 0.717) is 17.7 Å². The molecule has 2 aromatic rings. The number of benzene rings is 1. The van der Waals surface area contributed by atoms with Crippen LogP contribution in [-0.4, -0.2) is 12.9 Å². The van der Waals surface area contributed by atoms with Gasteiger partial charge in [-0.1, -0.05) is 12.1 Å². The Morgan fingerprint density at radius 2 is 1.89 bits per heavy atom. The van der Waals surface area contributed by atoms with Crippen LogP contribution in [0.5, 0.6) is 5.75 Å². The highest BCUT2D eigenvalue weighted by Crippen LogP contribution is 2.18.